The Balaban J connectivity index is 1.10. The maximum Gasteiger partial charge on any atom is 0.170 e. The van der Waals surface area contributed by atoms with E-state index in [1.54, 1.807) is 17.4 Å². The number of aromatic nitrogens is 1. The minimum Gasteiger partial charge on any atom is -0.356 e. The average Bonchev–Trinajstić information content (AvgIpc) is 3.40. The zero-order chi connectivity index (χ0) is 20.8. The highest BCUT2D eigenvalue weighted by atomic mass is 32.2. The molecule has 3 heterocycles. The molecule has 1 aliphatic rings. The monoisotopic (exact) mass is 446 g/mol. The molecule has 0 N–H and O–H groups in total. The summed E-state index contributed by atoms with van der Waals surface area (Å²) < 4.78 is 19.9. The quantitative estimate of drug-likeness (QED) is 0.206. The number of rotatable bonds is 10. The van der Waals surface area contributed by atoms with E-state index in [2.05, 4.69) is 10.1 Å². The first kappa shape index (κ1) is 21.5. The third-order valence-electron chi connectivity index (χ3n) is 5.77. The van der Waals surface area contributed by atoms with Crippen LogP contribution in [0.1, 0.15) is 59.8 Å². The molecule has 0 unspecified atom stereocenters. The first-order valence-electron chi connectivity index (χ1n) is 10.7. The molecule has 3 aromatic rings. The number of hydrogen-bond donors (Lipinski definition) is 0. The van der Waals surface area contributed by atoms with Gasteiger partial charge in [-0.05, 0) is 75.3 Å². The zero-order valence-corrected chi connectivity index (χ0v) is 18.7. The summed E-state index contributed by atoms with van der Waals surface area (Å²) in [6, 6.07) is 8.64. The van der Waals surface area contributed by atoms with Crippen molar-refractivity contribution in [2.24, 2.45) is 0 Å². The molecule has 0 aliphatic carbocycles. The number of nitrogens with zero attached hydrogens (tertiary/aromatic N) is 2. The van der Waals surface area contributed by atoms with Crippen LogP contribution in [-0.2, 0) is 0 Å². The lowest BCUT2D eigenvalue weighted by atomic mass is 9.91. The van der Waals surface area contributed by atoms with Gasteiger partial charge in [0.15, 0.2) is 11.9 Å². The Kier molecular flexibility index (Phi) is 7.57. The highest BCUT2D eigenvalue weighted by Gasteiger charge is 2.24. The smallest absolute Gasteiger partial charge is 0.170 e. The summed E-state index contributed by atoms with van der Waals surface area (Å²) in [7, 11) is 0. The summed E-state index contributed by atoms with van der Waals surface area (Å²) in [5.74, 6) is 1.25. The second kappa shape index (κ2) is 10.6. The summed E-state index contributed by atoms with van der Waals surface area (Å²) in [6.07, 6.45) is 8.09. The Morgan fingerprint density at radius 3 is 2.80 bits per heavy atom. The van der Waals surface area contributed by atoms with Crippen molar-refractivity contribution in [1.29, 1.82) is 0 Å². The maximum atomic E-state index is 13.3. The molecule has 7 heteroatoms. The van der Waals surface area contributed by atoms with Gasteiger partial charge in [-0.3, -0.25) is 4.79 Å². The molecule has 0 spiro atoms. The van der Waals surface area contributed by atoms with E-state index in [4.69, 9.17) is 4.52 Å². The van der Waals surface area contributed by atoms with Gasteiger partial charge in [0.25, 0.3) is 0 Å². The van der Waals surface area contributed by atoms with E-state index in [1.807, 2.05) is 23.9 Å². The molecule has 1 aromatic carbocycles. The van der Waals surface area contributed by atoms with Crippen LogP contribution < -0.4 is 0 Å². The Hall–Kier alpha value is -1.70. The van der Waals surface area contributed by atoms with Gasteiger partial charge >= 0.3 is 0 Å². The number of hydrogen-bond acceptors (Lipinski definition) is 6. The van der Waals surface area contributed by atoms with Crippen LogP contribution in [0.5, 0.6) is 0 Å². The van der Waals surface area contributed by atoms with Crippen molar-refractivity contribution in [3.05, 3.63) is 46.7 Å². The molecule has 1 aliphatic heterocycles. The predicted molar refractivity (Wildman–Crippen MR) is 121 cm³/mol. The highest BCUT2D eigenvalue weighted by Crippen LogP contribution is 2.33. The van der Waals surface area contributed by atoms with Crippen molar-refractivity contribution in [2.45, 2.75) is 48.7 Å². The largest absolute Gasteiger partial charge is 0.356 e. The average molecular weight is 447 g/mol. The first-order valence-corrected chi connectivity index (χ1v) is 12.5. The fraction of sp³-hybridized carbons (Fsp3) is 0.478. The molecule has 0 saturated carbocycles. The maximum absolute atomic E-state index is 13.3. The Bertz CT molecular complexity index is 963. The van der Waals surface area contributed by atoms with Gasteiger partial charge in [-0.2, -0.15) is 0 Å². The van der Waals surface area contributed by atoms with Gasteiger partial charge in [-0.25, -0.2) is 4.39 Å². The van der Waals surface area contributed by atoms with Crippen LogP contribution in [0.2, 0.25) is 0 Å². The van der Waals surface area contributed by atoms with E-state index in [9.17, 15) is 9.18 Å². The van der Waals surface area contributed by atoms with Crippen LogP contribution in [0.3, 0.4) is 0 Å². The Morgan fingerprint density at radius 1 is 1.17 bits per heavy atom. The van der Waals surface area contributed by atoms with Crippen molar-refractivity contribution in [2.75, 3.05) is 25.4 Å². The van der Waals surface area contributed by atoms with Crippen LogP contribution in [0.25, 0.3) is 11.0 Å². The number of benzene rings is 1. The second-order valence-corrected chi connectivity index (χ2v) is 10.4. The topological polar surface area (TPSA) is 46.3 Å². The Morgan fingerprint density at radius 2 is 2.00 bits per heavy atom. The van der Waals surface area contributed by atoms with E-state index in [-0.39, 0.29) is 5.82 Å². The molecule has 4 rings (SSSR count). The van der Waals surface area contributed by atoms with Crippen molar-refractivity contribution < 1.29 is 13.7 Å². The summed E-state index contributed by atoms with van der Waals surface area (Å²) in [5.41, 5.74) is 1.54. The lowest BCUT2D eigenvalue weighted by Gasteiger charge is -2.31. The molecule has 30 heavy (non-hydrogen) atoms. The molecule has 0 atom stereocenters. The Labute approximate surface area is 184 Å². The molecular weight excluding hydrogens is 419 g/mol. The van der Waals surface area contributed by atoms with Gasteiger partial charge in [0, 0.05) is 17.4 Å². The summed E-state index contributed by atoms with van der Waals surface area (Å²) in [6.45, 7) is 3.35. The van der Waals surface area contributed by atoms with Crippen LogP contribution in [0.15, 0.2) is 39.1 Å². The van der Waals surface area contributed by atoms with Crippen molar-refractivity contribution in [1.82, 2.24) is 10.1 Å². The van der Waals surface area contributed by atoms with Gasteiger partial charge in [0.1, 0.15) is 5.82 Å². The molecule has 0 amide bonds. The molecule has 2 aromatic heterocycles. The first-order chi connectivity index (χ1) is 14.7. The molecule has 4 nitrogen and oxygen atoms in total. The molecule has 1 saturated heterocycles. The number of halogens is 1. The summed E-state index contributed by atoms with van der Waals surface area (Å²) in [4.78, 5) is 14.1. The third kappa shape index (κ3) is 5.50. The summed E-state index contributed by atoms with van der Waals surface area (Å²) >= 11 is 3.44. The number of thiophene rings is 1. The highest BCUT2D eigenvalue weighted by molar-refractivity contribution is 8.01. The number of thioether (sulfide) groups is 1. The minimum absolute atomic E-state index is 0.280. The van der Waals surface area contributed by atoms with Crippen LogP contribution in [0.4, 0.5) is 4.39 Å². The van der Waals surface area contributed by atoms with Crippen molar-refractivity contribution >= 4 is 40.4 Å². The molecule has 0 bridgehead atoms. The lowest BCUT2D eigenvalue weighted by molar-refractivity contribution is 0.112. The standard InChI is InChI=1S/C23H27FN2O2S2/c24-18-5-7-20-21(15-18)28-25-23(20)17-9-12-26(13-10-17)11-3-1-2-4-14-29-22-8-6-19(16-27)30-22/h5-8,15-17H,1-4,9-14H2. The van der Waals surface area contributed by atoms with Gasteiger partial charge in [0.2, 0.25) is 0 Å². The van der Waals surface area contributed by atoms with Crippen LogP contribution in [-0.4, -0.2) is 41.7 Å². The van der Waals surface area contributed by atoms with Crippen LogP contribution in [0, 0.1) is 5.82 Å². The predicted octanol–water partition coefficient (Wildman–Crippen LogP) is 6.37. The summed E-state index contributed by atoms with van der Waals surface area (Å²) in [5, 5.41) is 5.19. The van der Waals surface area contributed by atoms with Gasteiger partial charge in [-0.15, -0.1) is 23.1 Å². The van der Waals surface area contributed by atoms with E-state index < -0.39 is 0 Å². The van der Waals surface area contributed by atoms with Crippen LogP contribution >= 0.6 is 23.1 Å². The molecule has 1 fully saturated rings. The molecule has 160 valence electrons. The van der Waals surface area contributed by atoms with Crippen molar-refractivity contribution in [3.63, 3.8) is 0 Å². The number of fused-ring (bicyclic) bond motifs is 1. The SMILES string of the molecule is O=Cc1ccc(SCCCCCCN2CCC(c3noc4cc(F)ccc34)CC2)s1. The third-order valence-corrected chi connectivity index (χ3v) is 8.09. The number of carbonyl (C=O) groups is 1. The number of unbranched alkanes of at least 4 members (excludes halogenated alkanes) is 3. The van der Waals surface area contributed by atoms with E-state index in [0.717, 1.165) is 60.5 Å². The van der Waals surface area contributed by atoms with E-state index in [0.29, 0.717) is 11.5 Å². The number of likely N-dealkylation sites (tertiary alicyclic amines) is 1. The fourth-order valence-electron chi connectivity index (χ4n) is 4.09. The van der Waals surface area contributed by atoms with Gasteiger partial charge in [0.05, 0.1) is 14.8 Å². The minimum atomic E-state index is -0.280. The van der Waals surface area contributed by atoms with Gasteiger partial charge in [-0.1, -0.05) is 18.0 Å². The number of carbonyl (C=O) groups excluding carboxylic acids is 1. The van der Waals surface area contributed by atoms with E-state index in [1.165, 1.54) is 42.0 Å². The van der Waals surface area contributed by atoms with Gasteiger partial charge < -0.3 is 9.42 Å². The lowest BCUT2D eigenvalue weighted by Crippen LogP contribution is -2.33. The fourth-order valence-corrected chi connectivity index (χ4v) is 6.14. The molecular formula is C23H27FN2O2S2. The zero-order valence-electron chi connectivity index (χ0n) is 17.0. The number of aldehydes is 1. The second-order valence-electron chi connectivity index (χ2n) is 7.86. The van der Waals surface area contributed by atoms with Crippen molar-refractivity contribution in [3.8, 4) is 0 Å². The normalized spacial score (nSPS) is 15.8. The molecule has 0 radical (unpaired) electrons. The van der Waals surface area contributed by atoms with E-state index >= 15 is 0 Å². The number of piperidine rings is 1.